The number of carbonyl (C=O) groups is 2. The molecule has 0 radical (unpaired) electrons. The molecule has 21 heavy (non-hydrogen) atoms. The van der Waals surface area contributed by atoms with Gasteiger partial charge >= 0.3 is 0 Å². The number of anilines is 1. The number of nitrogens with two attached hydrogens (primary N) is 1. The van der Waals surface area contributed by atoms with Crippen LogP contribution in [-0.4, -0.2) is 29.8 Å². The molecule has 0 aliphatic heterocycles. The van der Waals surface area contributed by atoms with Crippen molar-refractivity contribution in [3.05, 3.63) is 22.2 Å². The van der Waals surface area contributed by atoms with Crippen LogP contribution in [0.5, 0.6) is 0 Å². The smallest absolute Gasteiger partial charge is 0.272 e. The Balaban J connectivity index is 1.90. The summed E-state index contributed by atoms with van der Waals surface area (Å²) in [5.74, 6) is -0.647. The van der Waals surface area contributed by atoms with Gasteiger partial charge in [-0.3, -0.25) is 9.59 Å². The lowest BCUT2D eigenvalue weighted by Crippen LogP contribution is -2.25. The van der Waals surface area contributed by atoms with Gasteiger partial charge in [0.1, 0.15) is 4.88 Å². The van der Waals surface area contributed by atoms with Gasteiger partial charge in [-0.2, -0.15) is 4.37 Å². The van der Waals surface area contributed by atoms with Crippen molar-refractivity contribution in [3.8, 4) is 0 Å². The highest BCUT2D eigenvalue weighted by molar-refractivity contribution is 7.09. The summed E-state index contributed by atoms with van der Waals surface area (Å²) in [7, 11) is 1.50. The summed E-state index contributed by atoms with van der Waals surface area (Å²) < 4.78 is 3.94. The van der Waals surface area contributed by atoms with Gasteiger partial charge in [0.15, 0.2) is 5.69 Å². The number of nitrogens with one attached hydrogen (secondary N) is 2. The number of hydrogen-bond donors (Lipinski definition) is 3. The monoisotopic (exact) mass is 308 g/mol. The number of amides is 2. The van der Waals surface area contributed by atoms with Crippen LogP contribution < -0.4 is 16.4 Å². The van der Waals surface area contributed by atoms with E-state index in [9.17, 15) is 9.59 Å². The molecule has 0 unspecified atom stereocenters. The molecular weight excluding hydrogens is 288 g/mol. The van der Waals surface area contributed by atoms with Crippen molar-refractivity contribution in [1.29, 1.82) is 0 Å². The molecule has 0 saturated heterocycles. The number of nitrogens with zero attached hydrogens (tertiary/aromatic N) is 1. The predicted octanol–water partition coefficient (Wildman–Crippen LogP) is 1.71. The molecule has 114 valence electrons. The molecule has 1 aromatic rings. The number of rotatable bonds is 5. The maximum absolute atomic E-state index is 12.1. The zero-order valence-electron chi connectivity index (χ0n) is 12.1. The van der Waals surface area contributed by atoms with E-state index < -0.39 is 0 Å². The Morgan fingerprint density at radius 1 is 1.38 bits per heavy atom. The maximum atomic E-state index is 12.1. The van der Waals surface area contributed by atoms with Crippen molar-refractivity contribution in [3.63, 3.8) is 0 Å². The molecule has 1 aromatic heterocycles. The van der Waals surface area contributed by atoms with Crippen molar-refractivity contribution in [2.45, 2.75) is 32.1 Å². The first-order valence-electron chi connectivity index (χ1n) is 7.06. The van der Waals surface area contributed by atoms with Crippen molar-refractivity contribution in [2.75, 3.05) is 19.3 Å². The van der Waals surface area contributed by atoms with E-state index >= 15 is 0 Å². The fourth-order valence-corrected chi connectivity index (χ4v) is 3.01. The molecule has 1 heterocycles. The van der Waals surface area contributed by atoms with Crippen LogP contribution in [0.1, 0.15) is 52.3 Å². The van der Waals surface area contributed by atoms with Crippen LogP contribution in [0.25, 0.3) is 0 Å². The summed E-state index contributed by atoms with van der Waals surface area (Å²) in [6.07, 6.45) is 7.89. The van der Waals surface area contributed by atoms with E-state index in [2.05, 4.69) is 21.1 Å². The second kappa shape index (κ2) is 7.21. The zero-order valence-corrected chi connectivity index (χ0v) is 12.9. The Hall–Kier alpha value is -1.89. The Labute approximate surface area is 128 Å². The van der Waals surface area contributed by atoms with Gasteiger partial charge in [-0.25, -0.2) is 0 Å². The van der Waals surface area contributed by atoms with Gasteiger partial charge < -0.3 is 16.4 Å². The van der Waals surface area contributed by atoms with E-state index in [1.165, 1.54) is 25.5 Å². The van der Waals surface area contributed by atoms with Crippen LogP contribution in [-0.2, 0) is 0 Å². The van der Waals surface area contributed by atoms with E-state index in [-0.39, 0.29) is 23.2 Å². The molecule has 7 heteroatoms. The molecule has 1 aliphatic rings. The summed E-state index contributed by atoms with van der Waals surface area (Å²) in [6, 6.07) is 0. The molecule has 2 rings (SSSR count). The Kier molecular flexibility index (Phi) is 5.32. The highest BCUT2D eigenvalue weighted by Gasteiger charge is 2.21. The average molecular weight is 308 g/mol. The molecule has 1 aliphatic carbocycles. The fourth-order valence-electron chi connectivity index (χ4n) is 2.29. The number of nitrogen functional groups attached to an aromatic ring is 1. The minimum Gasteiger partial charge on any atom is -0.395 e. The first-order valence-corrected chi connectivity index (χ1v) is 7.84. The summed E-state index contributed by atoms with van der Waals surface area (Å²) in [5, 5.41) is 5.28. The average Bonchev–Trinajstić information content (AvgIpc) is 2.89. The molecule has 0 fully saturated rings. The lowest BCUT2D eigenvalue weighted by molar-refractivity contribution is 0.0956. The van der Waals surface area contributed by atoms with E-state index in [1.54, 1.807) is 0 Å². The third kappa shape index (κ3) is 3.81. The Morgan fingerprint density at radius 2 is 2.19 bits per heavy atom. The zero-order chi connectivity index (χ0) is 15.2. The predicted molar refractivity (Wildman–Crippen MR) is 83.4 cm³/mol. The van der Waals surface area contributed by atoms with Crippen molar-refractivity contribution in [2.24, 2.45) is 0 Å². The molecule has 0 saturated carbocycles. The first-order chi connectivity index (χ1) is 10.1. The van der Waals surface area contributed by atoms with Gasteiger partial charge in [0, 0.05) is 13.6 Å². The molecule has 0 atom stereocenters. The summed E-state index contributed by atoms with van der Waals surface area (Å²) in [4.78, 5) is 23.9. The summed E-state index contributed by atoms with van der Waals surface area (Å²) >= 11 is 0.952. The molecule has 6 nitrogen and oxygen atoms in total. The molecule has 0 bridgehead atoms. The largest absolute Gasteiger partial charge is 0.395 e. The van der Waals surface area contributed by atoms with Gasteiger partial charge in [-0.15, -0.1) is 0 Å². The van der Waals surface area contributed by atoms with Crippen LogP contribution in [0.2, 0.25) is 0 Å². The maximum Gasteiger partial charge on any atom is 0.272 e. The normalized spacial score (nSPS) is 14.4. The highest BCUT2D eigenvalue weighted by atomic mass is 32.1. The molecule has 0 aromatic carbocycles. The molecule has 0 spiro atoms. The van der Waals surface area contributed by atoms with Gasteiger partial charge in [0.2, 0.25) is 0 Å². The van der Waals surface area contributed by atoms with Gasteiger partial charge in [-0.05, 0) is 43.6 Å². The lowest BCUT2D eigenvalue weighted by atomic mass is 9.97. The fraction of sp³-hybridized carbons (Fsp3) is 0.500. The standard InChI is InChI=1S/C14H20N4O2S/c1-16-13(19)11-10(15)12(21-18-11)14(20)17-8-7-9-5-3-2-4-6-9/h5H,2-4,6-8,15H2,1H3,(H,16,19)(H,17,20). The minimum atomic E-state index is -0.379. The van der Waals surface area contributed by atoms with Gasteiger partial charge in [0.25, 0.3) is 11.8 Å². The summed E-state index contributed by atoms with van der Waals surface area (Å²) in [6.45, 7) is 0.581. The van der Waals surface area contributed by atoms with Crippen molar-refractivity contribution in [1.82, 2.24) is 15.0 Å². The SMILES string of the molecule is CNC(=O)c1nsc(C(=O)NCCC2=CCCCC2)c1N. The van der Waals surface area contributed by atoms with Crippen LogP contribution in [0.3, 0.4) is 0 Å². The lowest BCUT2D eigenvalue weighted by Gasteiger charge is -2.12. The van der Waals surface area contributed by atoms with E-state index in [0.29, 0.717) is 11.4 Å². The second-order valence-corrected chi connectivity index (χ2v) is 5.74. The first kappa shape index (κ1) is 15.5. The molecular formula is C14H20N4O2S. The van der Waals surface area contributed by atoms with E-state index in [0.717, 1.165) is 30.8 Å². The van der Waals surface area contributed by atoms with Gasteiger partial charge in [0.05, 0.1) is 5.69 Å². The number of hydrogen-bond acceptors (Lipinski definition) is 5. The third-order valence-electron chi connectivity index (χ3n) is 3.49. The van der Waals surface area contributed by atoms with Gasteiger partial charge in [-0.1, -0.05) is 11.6 Å². The third-order valence-corrected chi connectivity index (χ3v) is 4.35. The van der Waals surface area contributed by atoms with Crippen molar-refractivity contribution < 1.29 is 9.59 Å². The molecule has 4 N–H and O–H groups in total. The highest BCUT2D eigenvalue weighted by Crippen LogP contribution is 2.22. The minimum absolute atomic E-state index is 0.114. The molecule has 2 amide bonds. The van der Waals surface area contributed by atoms with Crippen LogP contribution in [0.15, 0.2) is 11.6 Å². The summed E-state index contributed by atoms with van der Waals surface area (Å²) in [5.41, 5.74) is 7.48. The quantitative estimate of drug-likeness (QED) is 0.721. The van der Waals surface area contributed by atoms with E-state index in [4.69, 9.17) is 5.73 Å². The number of aromatic nitrogens is 1. The van der Waals surface area contributed by atoms with Crippen LogP contribution in [0, 0.1) is 0 Å². The van der Waals surface area contributed by atoms with Crippen molar-refractivity contribution >= 4 is 29.0 Å². The Bertz CT molecular complexity index is 565. The Morgan fingerprint density at radius 3 is 2.86 bits per heavy atom. The van der Waals surface area contributed by atoms with Crippen LogP contribution >= 0.6 is 11.5 Å². The topological polar surface area (TPSA) is 97.1 Å². The number of carbonyl (C=O) groups excluding carboxylic acids is 2. The second-order valence-electron chi connectivity index (χ2n) is 4.97. The number of allylic oxidation sites excluding steroid dienone is 1. The van der Waals surface area contributed by atoms with Crippen LogP contribution in [0.4, 0.5) is 5.69 Å². The van der Waals surface area contributed by atoms with E-state index in [1.807, 2.05) is 0 Å².